The molecular weight excluding hydrogens is 228 g/mol. The third-order valence-corrected chi connectivity index (χ3v) is 3.26. The molecule has 1 N–H and O–H groups in total. The lowest BCUT2D eigenvalue weighted by molar-refractivity contribution is -0.132. The Morgan fingerprint density at radius 3 is 3.31 bits per heavy atom. The van der Waals surface area contributed by atoms with E-state index < -0.39 is 5.97 Å². The molecule has 0 saturated heterocycles. The van der Waals surface area contributed by atoms with E-state index in [0.29, 0.717) is 5.04 Å². The molecule has 0 spiro atoms. The first-order valence-corrected chi connectivity index (χ1v) is 5.78. The number of hydrogen-bond acceptors (Lipinski definition) is 6. The Labute approximate surface area is 97.2 Å². The molecule has 2 rings (SSSR count). The maximum Gasteiger partial charge on any atom is 0.365 e. The van der Waals surface area contributed by atoms with Crippen molar-refractivity contribution in [3.63, 3.8) is 0 Å². The van der Waals surface area contributed by atoms with E-state index in [4.69, 9.17) is 4.42 Å². The number of ether oxygens (including phenoxy) is 1. The van der Waals surface area contributed by atoms with E-state index in [1.807, 2.05) is 12.1 Å². The van der Waals surface area contributed by atoms with Crippen molar-refractivity contribution < 1.29 is 13.9 Å². The second-order valence-corrected chi connectivity index (χ2v) is 4.45. The summed E-state index contributed by atoms with van der Waals surface area (Å²) in [6, 6.07) is 3.79. The predicted molar refractivity (Wildman–Crippen MR) is 61.0 cm³/mol. The highest BCUT2D eigenvalue weighted by atomic mass is 32.2. The summed E-state index contributed by atoms with van der Waals surface area (Å²) in [5, 5.41) is 4.40. The number of nitrogens with zero attached hydrogens (tertiary/aromatic N) is 1. The van der Waals surface area contributed by atoms with Crippen LogP contribution in [0.25, 0.3) is 0 Å². The number of carbonyl (C=O) groups excluding carboxylic acids is 1. The second-order valence-electron chi connectivity index (χ2n) is 3.26. The van der Waals surface area contributed by atoms with Gasteiger partial charge in [-0.05, 0) is 18.6 Å². The van der Waals surface area contributed by atoms with Crippen LogP contribution in [0.5, 0.6) is 0 Å². The molecule has 0 aliphatic carbocycles. The highest BCUT2D eigenvalue weighted by Crippen LogP contribution is 2.22. The molecule has 1 aromatic rings. The van der Waals surface area contributed by atoms with Gasteiger partial charge in [-0.2, -0.15) is 5.10 Å². The number of hydrazone groups is 1. The van der Waals surface area contributed by atoms with Crippen LogP contribution in [0.15, 0.2) is 27.9 Å². The summed E-state index contributed by atoms with van der Waals surface area (Å²) < 4.78 is 9.81. The SMILES string of the molecule is COC(=O)C1=NNC(CCc2ccco2)S1. The van der Waals surface area contributed by atoms with E-state index in [0.717, 1.165) is 18.6 Å². The Kier molecular flexibility index (Phi) is 3.51. The monoisotopic (exact) mass is 240 g/mol. The minimum absolute atomic E-state index is 0.110. The van der Waals surface area contributed by atoms with Crippen LogP contribution in [-0.2, 0) is 16.0 Å². The summed E-state index contributed by atoms with van der Waals surface area (Å²) in [5.74, 6) is 0.548. The first-order chi connectivity index (χ1) is 7.79. The van der Waals surface area contributed by atoms with E-state index in [-0.39, 0.29) is 5.37 Å². The van der Waals surface area contributed by atoms with Crippen molar-refractivity contribution in [3.05, 3.63) is 24.2 Å². The molecule has 0 radical (unpaired) electrons. The largest absolute Gasteiger partial charge is 0.469 e. The number of furan rings is 1. The zero-order chi connectivity index (χ0) is 11.4. The van der Waals surface area contributed by atoms with Crippen molar-refractivity contribution in [2.24, 2.45) is 5.10 Å². The average molecular weight is 240 g/mol. The summed E-state index contributed by atoms with van der Waals surface area (Å²) in [4.78, 5) is 11.2. The molecule has 86 valence electrons. The molecule has 0 fully saturated rings. The van der Waals surface area contributed by atoms with Crippen LogP contribution in [-0.4, -0.2) is 23.5 Å². The maximum absolute atomic E-state index is 11.2. The van der Waals surface area contributed by atoms with Gasteiger partial charge < -0.3 is 9.15 Å². The second kappa shape index (κ2) is 5.07. The number of nitrogens with one attached hydrogen (secondary N) is 1. The Morgan fingerprint density at radius 1 is 1.75 bits per heavy atom. The van der Waals surface area contributed by atoms with Crippen molar-refractivity contribution in [1.82, 2.24) is 5.43 Å². The molecule has 6 heteroatoms. The number of aryl methyl sites for hydroxylation is 1. The Morgan fingerprint density at radius 2 is 2.62 bits per heavy atom. The normalized spacial score (nSPS) is 19.1. The van der Waals surface area contributed by atoms with E-state index in [1.54, 1.807) is 6.26 Å². The number of hydrogen-bond donors (Lipinski definition) is 1. The average Bonchev–Trinajstić information content (AvgIpc) is 2.96. The lowest BCUT2D eigenvalue weighted by atomic mass is 10.2. The minimum atomic E-state index is -0.391. The Balaban J connectivity index is 1.77. The van der Waals surface area contributed by atoms with Gasteiger partial charge in [0, 0.05) is 6.42 Å². The molecule has 0 saturated carbocycles. The first-order valence-electron chi connectivity index (χ1n) is 4.90. The van der Waals surface area contributed by atoms with Crippen LogP contribution < -0.4 is 5.43 Å². The number of rotatable bonds is 4. The Bertz CT molecular complexity index is 389. The fourth-order valence-corrected chi connectivity index (χ4v) is 2.25. The lowest BCUT2D eigenvalue weighted by Gasteiger charge is -2.06. The topological polar surface area (TPSA) is 63.8 Å². The molecule has 0 aromatic carbocycles. The smallest absolute Gasteiger partial charge is 0.365 e. The van der Waals surface area contributed by atoms with Crippen LogP contribution >= 0.6 is 11.8 Å². The summed E-state index contributed by atoms with van der Waals surface area (Å²) >= 11 is 1.39. The highest BCUT2D eigenvalue weighted by Gasteiger charge is 2.24. The first kappa shape index (κ1) is 11.1. The van der Waals surface area contributed by atoms with Gasteiger partial charge in [0.15, 0.2) is 0 Å². The van der Waals surface area contributed by atoms with Crippen LogP contribution in [0.4, 0.5) is 0 Å². The van der Waals surface area contributed by atoms with Gasteiger partial charge in [-0.3, -0.25) is 5.43 Å². The summed E-state index contributed by atoms with van der Waals surface area (Å²) in [6.07, 6.45) is 3.32. The Hall–Kier alpha value is -1.43. The molecule has 1 atom stereocenters. The molecule has 2 heterocycles. The van der Waals surface area contributed by atoms with Crippen LogP contribution in [0.1, 0.15) is 12.2 Å². The van der Waals surface area contributed by atoms with Gasteiger partial charge >= 0.3 is 5.97 Å². The predicted octanol–water partition coefficient (Wildman–Crippen LogP) is 1.36. The molecule has 1 unspecified atom stereocenters. The van der Waals surface area contributed by atoms with E-state index in [9.17, 15) is 4.79 Å². The molecule has 0 amide bonds. The number of thioether (sulfide) groups is 1. The van der Waals surface area contributed by atoms with Gasteiger partial charge in [0.2, 0.25) is 5.04 Å². The minimum Gasteiger partial charge on any atom is -0.469 e. The van der Waals surface area contributed by atoms with Gasteiger partial charge in [-0.25, -0.2) is 4.79 Å². The highest BCUT2D eigenvalue weighted by molar-refractivity contribution is 8.16. The van der Waals surface area contributed by atoms with E-state index >= 15 is 0 Å². The van der Waals surface area contributed by atoms with Crippen LogP contribution in [0.3, 0.4) is 0 Å². The van der Waals surface area contributed by atoms with Crippen molar-refractivity contribution in [2.45, 2.75) is 18.2 Å². The van der Waals surface area contributed by atoms with Crippen LogP contribution in [0.2, 0.25) is 0 Å². The molecular formula is C10H12N2O3S. The number of esters is 1. The molecule has 0 bridgehead atoms. The van der Waals surface area contributed by atoms with E-state index in [2.05, 4.69) is 15.3 Å². The van der Waals surface area contributed by atoms with Crippen molar-refractivity contribution in [1.29, 1.82) is 0 Å². The summed E-state index contributed by atoms with van der Waals surface area (Å²) in [5.41, 5.74) is 2.89. The third-order valence-electron chi connectivity index (χ3n) is 2.16. The third kappa shape index (κ3) is 2.57. The van der Waals surface area contributed by atoms with Crippen LogP contribution in [0, 0.1) is 0 Å². The fraction of sp³-hybridized carbons (Fsp3) is 0.400. The van der Waals surface area contributed by atoms with Gasteiger partial charge in [-0.1, -0.05) is 11.8 Å². The fourth-order valence-electron chi connectivity index (χ4n) is 1.35. The van der Waals surface area contributed by atoms with Crippen molar-refractivity contribution in [3.8, 4) is 0 Å². The van der Waals surface area contributed by atoms with Gasteiger partial charge in [0.05, 0.1) is 18.7 Å². The lowest BCUT2D eigenvalue weighted by Crippen LogP contribution is -2.16. The van der Waals surface area contributed by atoms with Gasteiger partial charge in [0.25, 0.3) is 0 Å². The maximum atomic E-state index is 11.2. The standard InChI is InChI=1S/C10H12N2O3S/c1-14-10(13)9-12-11-8(16-9)5-4-7-3-2-6-15-7/h2-3,6,8,11H,4-5H2,1H3. The summed E-state index contributed by atoms with van der Waals surface area (Å²) in [6.45, 7) is 0. The van der Waals surface area contributed by atoms with E-state index in [1.165, 1.54) is 18.9 Å². The molecule has 1 aromatic heterocycles. The van der Waals surface area contributed by atoms with Gasteiger partial charge in [0.1, 0.15) is 5.76 Å². The number of carbonyl (C=O) groups is 1. The molecule has 16 heavy (non-hydrogen) atoms. The molecule has 1 aliphatic rings. The molecule has 5 nitrogen and oxygen atoms in total. The quantitative estimate of drug-likeness (QED) is 0.805. The van der Waals surface area contributed by atoms with Crippen molar-refractivity contribution in [2.75, 3.05) is 7.11 Å². The van der Waals surface area contributed by atoms with Gasteiger partial charge in [-0.15, -0.1) is 0 Å². The molecule has 1 aliphatic heterocycles. The number of methoxy groups -OCH3 is 1. The van der Waals surface area contributed by atoms with Crippen molar-refractivity contribution >= 4 is 22.8 Å². The summed E-state index contributed by atoms with van der Waals surface area (Å²) in [7, 11) is 1.35. The zero-order valence-electron chi connectivity index (χ0n) is 8.80. The zero-order valence-corrected chi connectivity index (χ0v) is 9.62.